The van der Waals surface area contributed by atoms with Crippen molar-refractivity contribution in [3.05, 3.63) is 0 Å². The quantitative estimate of drug-likeness (QED) is 0.721. The van der Waals surface area contributed by atoms with E-state index in [4.69, 9.17) is 4.74 Å². The van der Waals surface area contributed by atoms with E-state index in [9.17, 15) is 4.79 Å². The van der Waals surface area contributed by atoms with Gasteiger partial charge in [0.2, 0.25) is 5.91 Å². The van der Waals surface area contributed by atoms with Crippen LogP contribution in [0.3, 0.4) is 0 Å². The summed E-state index contributed by atoms with van der Waals surface area (Å²) in [7, 11) is 0. The number of rotatable bonds is 3. The van der Waals surface area contributed by atoms with Crippen molar-refractivity contribution in [2.75, 3.05) is 39.3 Å². The van der Waals surface area contributed by atoms with E-state index < -0.39 is 0 Å². The van der Waals surface area contributed by atoms with Crippen LogP contribution in [-0.2, 0) is 9.53 Å². The van der Waals surface area contributed by atoms with Crippen molar-refractivity contribution >= 4 is 5.91 Å². The van der Waals surface area contributed by atoms with Gasteiger partial charge in [0.25, 0.3) is 0 Å². The van der Waals surface area contributed by atoms with Crippen LogP contribution in [0, 0.1) is 0 Å². The standard InChI is InChI=1S/C12H24N2O2/c1-11(15)14-7-5-13(6-8-14)9-10-16-12(2,3)4/h5-10H2,1-4H3. The van der Waals surface area contributed by atoms with Crippen molar-refractivity contribution in [1.29, 1.82) is 0 Å². The smallest absolute Gasteiger partial charge is 0.219 e. The molecule has 1 amide bonds. The van der Waals surface area contributed by atoms with Gasteiger partial charge in [0.05, 0.1) is 12.2 Å². The van der Waals surface area contributed by atoms with Crippen molar-refractivity contribution in [3.8, 4) is 0 Å². The summed E-state index contributed by atoms with van der Waals surface area (Å²) in [5.41, 5.74) is -0.0544. The number of hydrogen-bond acceptors (Lipinski definition) is 3. The molecular formula is C12H24N2O2. The minimum Gasteiger partial charge on any atom is -0.375 e. The highest BCUT2D eigenvalue weighted by Crippen LogP contribution is 2.07. The molecule has 4 nitrogen and oxygen atoms in total. The summed E-state index contributed by atoms with van der Waals surface area (Å²) in [6, 6.07) is 0. The SMILES string of the molecule is CC(=O)N1CCN(CCOC(C)(C)C)CC1. The normalized spacial score (nSPS) is 18.9. The second-order valence-electron chi connectivity index (χ2n) is 5.31. The van der Waals surface area contributed by atoms with Gasteiger partial charge in [-0.25, -0.2) is 0 Å². The van der Waals surface area contributed by atoms with E-state index in [1.807, 2.05) is 4.90 Å². The highest BCUT2D eigenvalue weighted by Gasteiger charge is 2.18. The Bertz CT molecular complexity index is 228. The second-order valence-corrected chi connectivity index (χ2v) is 5.31. The molecule has 0 radical (unpaired) electrons. The third-order valence-corrected chi connectivity index (χ3v) is 2.76. The average Bonchev–Trinajstić information content (AvgIpc) is 2.16. The van der Waals surface area contributed by atoms with Crippen molar-refractivity contribution < 1.29 is 9.53 Å². The zero-order valence-corrected chi connectivity index (χ0v) is 11.0. The molecule has 1 fully saturated rings. The number of piperazine rings is 1. The number of carbonyl (C=O) groups excluding carboxylic acids is 1. The van der Waals surface area contributed by atoms with Crippen LogP contribution in [0.1, 0.15) is 27.7 Å². The fourth-order valence-corrected chi connectivity index (χ4v) is 1.77. The van der Waals surface area contributed by atoms with E-state index in [1.165, 1.54) is 0 Å². The molecule has 1 heterocycles. The summed E-state index contributed by atoms with van der Waals surface area (Å²) in [6.45, 7) is 13.2. The maximum atomic E-state index is 11.1. The van der Waals surface area contributed by atoms with Gasteiger partial charge in [0, 0.05) is 39.6 Å². The van der Waals surface area contributed by atoms with Gasteiger partial charge < -0.3 is 9.64 Å². The molecular weight excluding hydrogens is 204 g/mol. The molecule has 0 bridgehead atoms. The first-order valence-electron chi connectivity index (χ1n) is 6.00. The molecule has 0 aliphatic carbocycles. The van der Waals surface area contributed by atoms with E-state index in [0.717, 1.165) is 39.3 Å². The number of amides is 1. The topological polar surface area (TPSA) is 32.8 Å². The minimum absolute atomic E-state index is 0.0544. The fraction of sp³-hybridized carbons (Fsp3) is 0.917. The largest absolute Gasteiger partial charge is 0.375 e. The molecule has 1 saturated heterocycles. The predicted octanol–water partition coefficient (Wildman–Crippen LogP) is 0.966. The number of nitrogens with zero attached hydrogens (tertiary/aromatic N) is 2. The van der Waals surface area contributed by atoms with E-state index >= 15 is 0 Å². The van der Waals surface area contributed by atoms with E-state index in [2.05, 4.69) is 25.7 Å². The van der Waals surface area contributed by atoms with Crippen LogP contribution in [-0.4, -0.2) is 60.6 Å². The van der Waals surface area contributed by atoms with Gasteiger partial charge in [-0.2, -0.15) is 0 Å². The molecule has 1 rings (SSSR count). The van der Waals surface area contributed by atoms with Crippen molar-refractivity contribution in [3.63, 3.8) is 0 Å². The third-order valence-electron chi connectivity index (χ3n) is 2.76. The Kier molecular flexibility index (Phi) is 4.74. The van der Waals surface area contributed by atoms with Gasteiger partial charge in [-0.05, 0) is 20.8 Å². The molecule has 1 aliphatic heterocycles. The fourth-order valence-electron chi connectivity index (χ4n) is 1.77. The Labute approximate surface area is 98.5 Å². The zero-order chi connectivity index (χ0) is 12.2. The summed E-state index contributed by atoms with van der Waals surface area (Å²) in [6.07, 6.45) is 0. The molecule has 0 atom stereocenters. The Morgan fingerprint density at radius 1 is 1.19 bits per heavy atom. The van der Waals surface area contributed by atoms with Crippen LogP contribution in [0.5, 0.6) is 0 Å². The third kappa shape index (κ3) is 4.94. The maximum Gasteiger partial charge on any atom is 0.219 e. The molecule has 0 spiro atoms. The maximum absolute atomic E-state index is 11.1. The molecule has 1 aliphatic rings. The van der Waals surface area contributed by atoms with Gasteiger partial charge >= 0.3 is 0 Å². The molecule has 0 aromatic rings. The molecule has 0 saturated carbocycles. The predicted molar refractivity (Wildman–Crippen MR) is 64.4 cm³/mol. The van der Waals surface area contributed by atoms with Crippen LogP contribution < -0.4 is 0 Å². The van der Waals surface area contributed by atoms with Crippen LogP contribution in [0.15, 0.2) is 0 Å². The van der Waals surface area contributed by atoms with Crippen molar-refractivity contribution in [2.45, 2.75) is 33.3 Å². The monoisotopic (exact) mass is 228 g/mol. The second kappa shape index (κ2) is 5.64. The molecule has 94 valence electrons. The van der Waals surface area contributed by atoms with Crippen LogP contribution >= 0.6 is 0 Å². The Morgan fingerprint density at radius 2 is 1.75 bits per heavy atom. The molecule has 0 N–H and O–H groups in total. The van der Waals surface area contributed by atoms with Crippen LogP contribution in [0.25, 0.3) is 0 Å². The zero-order valence-electron chi connectivity index (χ0n) is 11.0. The Morgan fingerprint density at radius 3 is 2.19 bits per heavy atom. The number of carbonyl (C=O) groups is 1. The average molecular weight is 228 g/mol. The summed E-state index contributed by atoms with van der Waals surface area (Å²) >= 11 is 0. The molecule has 0 aromatic carbocycles. The van der Waals surface area contributed by atoms with E-state index in [1.54, 1.807) is 6.92 Å². The van der Waals surface area contributed by atoms with Gasteiger partial charge in [-0.3, -0.25) is 9.69 Å². The first-order chi connectivity index (χ1) is 7.38. The molecule has 4 heteroatoms. The summed E-state index contributed by atoms with van der Waals surface area (Å²) in [4.78, 5) is 15.4. The van der Waals surface area contributed by atoms with E-state index in [-0.39, 0.29) is 11.5 Å². The van der Waals surface area contributed by atoms with Gasteiger partial charge in [-0.1, -0.05) is 0 Å². The number of hydrogen-bond donors (Lipinski definition) is 0. The lowest BCUT2D eigenvalue weighted by molar-refractivity contribution is -0.130. The summed E-state index contributed by atoms with van der Waals surface area (Å²) in [5, 5.41) is 0. The summed E-state index contributed by atoms with van der Waals surface area (Å²) < 4.78 is 5.68. The minimum atomic E-state index is -0.0544. The van der Waals surface area contributed by atoms with Gasteiger partial charge in [0.15, 0.2) is 0 Å². The molecule has 16 heavy (non-hydrogen) atoms. The highest BCUT2D eigenvalue weighted by molar-refractivity contribution is 5.73. The van der Waals surface area contributed by atoms with E-state index in [0.29, 0.717) is 0 Å². The first-order valence-corrected chi connectivity index (χ1v) is 6.00. The molecule has 0 unspecified atom stereocenters. The number of ether oxygens (including phenoxy) is 1. The summed E-state index contributed by atoms with van der Waals surface area (Å²) in [5.74, 6) is 0.186. The lowest BCUT2D eigenvalue weighted by Crippen LogP contribution is -2.49. The lowest BCUT2D eigenvalue weighted by Gasteiger charge is -2.34. The van der Waals surface area contributed by atoms with Crippen LogP contribution in [0.2, 0.25) is 0 Å². The van der Waals surface area contributed by atoms with Crippen LogP contribution in [0.4, 0.5) is 0 Å². The molecule has 0 aromatic heterocycles. The Hall–Kier alpha value is -0.610. The first kappa shape index (κ1) is 13.5. The van der Waals surface area contributed by atoms with Crippen molar-refractivity contribution in [1.82, 2.24) is 9.80 Å². The van der Waals surface area contributed by atoms with Crippen molar-refractivity contribution in [2.24, 2.45) is 0 Å². The van der Waals surface area contributed by atoms with Gasteiger partial charge in [0.1, 0.15) is 0 Å². The van der Waals surface area contributed by atoms with Gasteiger partial charge in [-0.15, -0.1) is 0 Å². The Balaban J connectivity index is 2.15. The lowest BCUT2D eigenvalue weighted by atomic mass is 10.2. The highest BCUT2D eigenvalue weighted by atomic mass is 16.5.